The molecule has 0 radical (unpaired) electrons. The summed E-state index contributed by atoms with van der Waals surface area (Å²) in [5, 5.41) is 6.81. The molecule has 3 aromatic rings. The van der Waals surface area contributed by atoms with Crippen molar-refractivity contribution < 1.29 is 14.1 Å². The van der Waals surface area contributed by atoms with Gasteiger partial charge in [-0.25, -0.2) is 4.98 Å². The quantitative estimate of drug-likeness (QED) is 0.794. The van der Waals surface area contributed by atoms with Crippen LogP contribution in [0.2, 0.25) is 0 Å². The lowest BCUT2D eigenvalue weighted by atomic mass is 10.2. The van der Waals surface area contributed by atoms with E-state index in [1.54, 1.807) is 12.3 Å². The second-order valence-electron chi connectivity index (χ2n) is 5.39. The molecule has 7 heteroatoms. The zero-order valence-electron chi connectivity index (χ0n) is 12.7. The number of aromatic nitrogens is 3. The Labute approximate surface area is 137 Å². The Kier molecular flexibility index (Phi) is 3.66. The Hall–Kier alpha value is -3.22. The summed E-state index contributed by atoms with van der Waals surface area (Å²) < 4.78 is 11.1. The summed E-state index contributed by atoms with van der Waals surface area (Å²) in [5.41, 5.74) is 0.626. The molecule has 0 saturated carbocycles. The fraction of sp³-hybridized carbons (Fsp3) is 0.176. The van der Waals surface area contributed by atoms with E-state index < -0.39 is 0 Å². The van der Waals surface area contributed by atoms with Gasteiger partial charge in [0.25, 0.3) is 0 Å². The fourth-order valence-electron chi connectivity index (χ4n) is 2.53. The molecule has 1 fully saturated rings. The van der Waals surface area contributed by atoms with E-state index in [1.807, 2.05) is 36.4 Å². The van der Waals surface area contributed by atoms with E-state index in [0.29, 0.717) is 41.7 Å². The van der Waals surface area contributed by atoms with Crippen LogP contribution in [0.1, 0.15) is 24.8 Å². The van der Waals surface area contributed by atoms with Gasteiger partial charge < -0.3 is 14.6 Å². The minimum Gasteiger partial charge on any atom is -0.438 e. The van der Waals surface area contributed by atoms with Crippen LogP contribution < -0.4 is 10.1 Å². The van der Waals surface area contributed by atoms with Crippen LogP contribution in [0, 0.1) is 0 Å². The van der Waals surface area contributed by atoms with Gasteiger partial charge in [0.15, 0.2) is 0 Å². The van der Waals surface area contributed by atoms with Crippen LogP contribution in [-0.4, -0.2) is 21.0 Å². The lowest BCUT2D eigenvalue weighted by Crippen LogP contribution is -2.18. The first-order valence-corrected chi connectivity index (χ1v) is 7.61. The lowest BCUT2D eigenvalue weighted by Gasteiger charge is -2.07. The number of pyridine rings is 1. The number of ether oxygens (including phenoxy) is 1. The maximum absolute atomic E-state index is 11.3. The van der Waals surface area contributed by atoms with Gasteiger partial charge in [-0.2, -0.15) is 4.98 Å². The van der Waals surface area contributed by atoms with Crippen molar-refractivity contribution in [3.05, 3.63) is 54.6 Å². The van der Waals surface area contributed by atoms with E-state index in [0.717, 1.165) is 0 Å². The number of nitrogens with one attached hydrogen (secondary N) is 1. The number of para-hydroxylation sites is 1. The van der Waals surface area contributed by atoms with Crippen molar-refractivity contribution in [2.75, 3.05) is 0 Å². The van der Waals surface area contributed by atoms with Gasteiger partial charge in [-0.1, -0.05) is 23.4 Å². The number of hydrogen-bond donors (Lipinski definition) is 1. The molecule has 0 aliphatic carbocycles. The molecule has 24 heavy (non-hydrogen) atoms. The van der Waals surface area contributed by atoms with Gasteiger partial charge in [0.05, 0.1) is 5.56 Å². The number of nitrogens with zero attached hydrogens (tertiary/aromatic N) is 3. The second kappa shape index (κ2) is 6.11. The number of benzene rings is 1. The van der Waals surface area contributed by atoms with Crippen molar-refractivity contribution in [1.29, 1.82) is 0 Å². The van der Waals surface area contributed by atoms with Crippen LogP contribution in [-0.2, 0) is 4.79 Å². The molecule has 1 amide bonds. The average Bonchev–Trinajstić information content (AvgIpc) is 3.25. The largest absolute Gasteiger partial charge is 0.438 e. The maximum atomic E-state index is 11.3. The molecule has 120 valence electrons. The van der Waals surface area contributed by atoms with Crippen LogP contribution in [0.15, 0.2) is 53.2 Å². The van der Waals surface area contributed by atoms with Gasteiger partial charge in [-0.3, -0.25) is 4.79 Å². The van der Waals surface area contributed by atoms with Crippen LogP contribution in [0.5, 0.6) is 11.6 Å². The highest BCUT2D eigenvalue weighted by Crippen LogP contribution is 2.31. The Morgan fingerprint density at radius 2 is 2.04 bits per heavy atom. The smallest absolute Gasteiger partial charge is 0.249 e. The number of carbonyl (C=O) groups is 1. The molecule has 1 aliphatic heterocycles. The molecule has 0 bridgehead atoms. The molecular formula is C17H14N4O3. The highest BCUT2D eigenvalue weighted by atomic mass is 16.5. The lowest BCUT2D eigenvalue weighted by molar-refractivity contribution is -0.119. The van der Waals surface area contributed by atoms with E-state index in [-0.39, 0.29) is 11.9 Å². The SMILES string of the molecule is O=C1CC[C@H](c2nc(-c3cccnc3Oc3ccccc3)no2)N1. The van der Waals surface area contributed by atoms with Crippen molar-refractivity contribution in [1.82, 2.24) is 20.4 Å². The number of carbonyl (C=O) groups excluding carboxylic acids is 1. The molecule has 1 N–H and O–H groups in total. The van der Waals surface area contributed by atoms with Gasteiger partial charge in [-0.15, -0.1) is 0 Å². The van der Waals surface area contributed by atoms with Crippen molar-refractivity contribution in [3.8, 4) is 23.0 Å². The number of amides is 1. The molecular weight excluding hydrogens is 308 g/mol. The predicted molar refractivity (Wildman–Crippen MR) is 84.2 cm³/mol. The van der Waals surface area contributed by atoms with Gasteiger partial charge in [0, 0.05) is 12.6 Å². The first-order chi connectivity index (χ1) is 11.8. The first kappa shape index (κ1) is 14.4. The highest BCUT2D eigenvalue weighted by Gasteiger charge is 2.28. The van der Waals surface area contributed by atoms with E-state index in [9.17, 15) is 4.79 Å². The van der Waals surface area contributed by atoms with Gasteiger partial charge in [0.2, 0.25) is 23.5 Å². The molecule has 1 aliphatic rings. The molecule has 7 nitrogen and oxygen atoms in total. The summed E-state index contributed by atoms with van der Waals surface area (Å²) in [6, 6.07) is 12.7. The average molecular weight is 322 g/mol. The Morgan fingerprint density at radius 3 is 2.83 bits per heavy atom. The molecule has 0 unspecified atom stereocenters. The standard InChI is InChI=1S/C17H14N4O3/c22-14-9-8-13(19-14)17-20-15(21-24-17)12-7-4-10-18-16(12)23-11-5-2-1-3-6-11/h1-7,10,13H,8-9H2,(H,19,22)/t13-/m1/s1. The van der Waals surface area contributed by atoms with Crippen LogP contribution in [0.25, 0.3) is 11.4 Å². The third-order valence-corrected chi connectivity index (χ3v) is 3.70. The van der Waals surface area contributed by atoms with Crippen molar-refractivity contribution >= 4 is 5.91 Å². The normalized spacial score (nSPS) is 16.8. The van der Waals surface area contributed by atoms with Crippen LogP contribution in [0.4, 0.5) is 0 Å². The van der Waals surface area contributed by atoms with E-state index in [4.69, 9.17) is 9.26 Å². The molecule has 0 spiro atoms. The van der Waals surface area contributed by atoms with E-state index >= 15 is 0 Å². The molecule has 1 atom stereocenters. The van der Waals surface area contributed by atoms with E-state index in [1.165, 1.54) is 0 Å². The zero-order chi connectivity index (χ0) is 16.4. The number of hydrogen-bond acceptors (Lipinski definition) is 6. The monoisotopic (exact) mass is 322 g/mol. The van der Waals surface area contributed by atoms with Crippen LogP contribution in [0.3, 0.4) is 0 Å². The second-order valence-corrected chi connectivity index (χ2v) is 5.39. The third-order valence-electron chi connectivity index (χ3n) is 3.70. The fourth-order valence-corrected chi connectivity index (χ4v) is 2.53. The Balaban J connectivity index is 1.63. The topological polar surface area (TPSA) is 90.1 Å². The molecule has 4 rings (SSSR count). The van der Waals surface area contributed by atoms with Gasteiger partial charge in [-0.05, 0) is 30.7 Å². The molecule has 1 saturated heterocycles. The first-order valence-electron chi connectivity index (χ1n) is 7.61. The summed E-state index contributed by atoms with van der Waals surface area (Å²) in [7, 11) is 0. The minimum absolute atomic E-state index is 0.00534. The van der Waals surface area contributed by atoms with Gasteiger partial charge in [0.1, 0.15) is 11.8 Å². The predicted octanol–water partition coefficient (Wildman–Crippen LogP) is 2.88. The van der Waals surface area contributed by atoms with Crippen molar-refractivity contribution in [3.63, 3.8) is 0 Å². The summed E-state index contributed by atoms with van der Waals surface area (Å²) in [6.07, 6.45) is 2.76. The Bertz CT molecular complexity index is 863. The van der Waals surface area contributed by atoms with E-state index in [2.05, 4.69) is 20.4 Å². The summed E-state index contributed by atoms with van der Waals surface area (Å²) in [6.45, 7) is 0. The molecule has 2 aromatic heterocycles. The maximum Gasteiger partial charge on any atom is 0.249 e. The molecule has 1 aromatic carbocycles. The van der Waals surface area contributed by atoms with Crippen molar-refractivity contribution in [2.45, 2.75) is 18.9 Å². The number of rotatable bonds is 4. The van der Waals surface area contributed by atoms with Crippen LogP contribution >= 0.6 is 0 Å². The third kappa shape index (κ3) is 2.83. The summed E-state index contributed by atoms with van der Waals surface area (Å²) >= 11 is 0. The minimum atomic E-state index is -0.228. The summed E-state index contributed by atoms with van der Waals surface area (Å²) in [4.78, 5) is 20.0. The highest BCUT2D eigenvalue weighted by molar-refractivity contribution is 5.78. The van der Waals surface area contributed by atoms with Gasteiger partial charge >= 0.3 is 0 Å². The molecule has 3 heterocycles. The Morgan fingerprint density at radius 1 is 1.17 bits per heavy atom. The summed E-state index contributed by atoms with van der Waals surface area (Å²) in [5.74, 6) is 1.83. The zero-order valence-corrected chi connectivity index (χ0v) is 12.7. The van der Waals surface area contributed by atoms with Crippen molar-refractivity contribution in [2.24, 2.45) is 0 Å².